The van der Waals surface area contributed by atoms with Gasteiger partial charge in [-0.05, 0) is 45.0 Å². The third-order valence-corrected chi connectivity index (χ3v) is 5.42. The summed E-state index contributed by atoms with van der Waals surface area (Å²) in [5.41, 5.74) is 0.828. The standard InChI is InChI=1S/C15H19BrN2O3/c1-14(2)12(15(14,3)4)18-13(21)17-10-6-5-8(11(19)20)7-9(10)16/h5-7,12H,1-4H3,(H,19,20)(H2,17,18,21). The van der Waals surface area contributed by atoms with Crippen LogP contribution in [0.5, 0.6) is 0 Å². The molecule has 0 radical (unpaired) electrons. The van der Waals surface area contributed by atoms with Crippen molar-refractivity contribution in [3.63, 3.8) is 0 Å². The summed E-state index contributed by atoms with van der Waals surface area (Å²) in [7, 11) is 0. The first-order chi connectivity index (χ1) is 9.57. The highest BCUT2D eigenvalue weighted by molar-refractivity contribution is 9.10. The quantitative estimate of drug-likeness (QED) is 0.774. The number of urea groups is 1. The van der Waals surface area contributed by atoms with Gasteiger partial charge in [-0.3, -0.25) is 0 Å². The number of halogens is 1. The minimum Gasteiger partial charge on any atom is -0.478 e. The number of hydrogen-bond donors (Lipinski definition) is 3. The van der Waals surface area contributed by atoms with Crippen molar-refractivity contribution in [1.82, 2.24) is 5.32 Å². The Balaban J connectivity index is 2.03. The highest BCUT2D eigenvalue weighted by atomic mass is 79.9. The minimum absolute atomic E-state index is 0.0642. The van der Waals surface area contributed by atoms with E-state index in [1.807, 2.05) is 0 Å². The SMILES string of the molecule is CC1(C)C(NC(=O)Nc2ccc(C(=O)O)cc2Br)C1(C)C. The van der Waals surface area contributed by atoms with Gasteiger partial charge in [0, 0.05) is 10.5 Å². The molecule has 21 heavy (non-hydrogen) atoms. The molecule has 0 bridgehead atoms. The van der Waals surface area contributed by atoms with Gasteiger partial charge in [0.15, 0.2) is 0 Å². The van der Waals surface area contributed by atoms with Crippen LogP contribution in [-0.4, -0.2) is 23.1 Å². The van der Waals surface area contributed by atoms with E-state index in [9.17, 15) is 9.59 Å². The van der Waals surface area contributed by atoms with E-state index in [1.165, 1.54) is 12.1 Å². The summed E-state index contributed by atoms with van der Waals surface area (Å²) in [6.45, 7) is 8.48. The Kier molecular flexibility index (Phi) is 3.78. The van der Waals surface area contributed by atoms with E-state index < -0.39 is 5.97 Å². The van der Waals surface area contributed by atoms with Crippen molar-refractivity contribution in [3.8, 4) is 0 Å². The lowest BCUT2D eigenvalue weighted by Crippen LogP contribution is -2.33. The second kappa shape index (κ2) is 5.02. The Morgan fingerprint density at radius 2 is 1.76 bits per heavy atom. The average Bonchev–Trinajstić information content (AvgIpc) is 2.74. The predicted octanol–water partition coefficient (Wildman–Crippen LogP) is 3.70. The van der Waals surface area contributed by atoms with Crippen LogP contribution in [0.4, 0.5) is 10.5 Å². The second-order valence-electron chi connectivity index (χ2n) is 6.47. The monoisotopic (exact) mass is 354 g/mol. The Bertz CT molecular complexity index is 597. The van der Waals surface area contributed by atoms with Gasteiger partial charge in [0.1, 0.15) is 0 Å². The van der Waals surface area contributed by atoms with Crippen molar-refractivity contribution < 1.29 is 14.7 Å². The molecule has 0 unspecified atom stereocenters. The van der Waals surface area contributed by atoms with Crippen molar-refractivity contribution in [2.45, 2.75) is 33.7 Å². The molecule has 1 aromatic rings. The largest absolute Gasteiger partial charge is 0.478 e. The van der Waals surface area contributed by atoms with Gasteiger partial charge in [-0.25, -0.2) is 9.59 Å². The van der Waals surface area contributed by atoms with Crippen molar-refractivity contribution in [2.24, 2.45) is 10.8 Å². The summed E-state index contributed by atoms with van der Waals surface area (Å²) in [6, 6.07) is 4.30. The molecule has 2 rings (SSSR count). The number of benzene rings is 1. The molecule has 5 nitrogen and oxygen atoms in total. The van der Waals surface area contributed by atoms with E-state index in [4.69, 9.17) is 5.11 Å². The Morgan fingerprint density at radius 3 is 2.19 bits per heavy atom. The molecular weight excluding hydrogens is 336 g/mol. The highest BCUT2D eigenvalue weighted by Gasteiger charge is 2.65. The van der Waals surface area contributed by atoms with Gasteiger partial charge >= 0.3 is 12.0 Å². The molecule has 6 heteroatoms. The lowest BCUT2D eigenvalue weighted by molar-refractivity contribution is 0.0697. The molecule has 0 heterocycles. The number of nitrogens with one attached hydrogen (secondary N) is 2. The lowest BCUT2D eigenvalue weighted by Gasteiger charge is -2.11. The number of carboxylic acid groups (broad SMARTS) is 1. The molecule has 1 aromatic carbocycles. The first-order valence-electron chi connectivity index (χ1n) is 6.67. The van der Waals surface area contributed by atoms with Crippen LogP contribution in [-0.2, 0) is 0 Å². The second-order valence-corrected chi connectivity index (χ2v) is 7.33. The maximum Gasteiger partial charge on any atom is 0.335 e. The number of anilines is 1. The van der Waals surface area contributed by atoms with Crippen LogP contribution in [0, 0.1) is 10.8 Å². The first-order valence-corrected chi connectivity index (χ1v) is 7.47. The van der Waals surface area contributed by atoms with Crippen molar-refractivity contribution in [1.29, 1.82) is 0 Å². The van der Waals surface area contributed by atoms with Gasteiger partial charge < -0.3 is 15.7 Å². The normalized spacial score (nSPS) is 18.9. The summed E-state index contributed by atoms with van der Waals surface area (Å²) >= 11 is 3.26. The fourth-order valence-corrected chi connectivity index (χ4v) is 3.07. The average molecular weight is 355 g/mol. The van der Waals surface area contributed by atoms with Crippen LogP contribution in [0.3, 0.4) is 0 Å². The molecule has 0 aliphatic heterocycles. The van der Waals surface area contributed by atoms with Gasteiger partial charge in [0.25, 0.3) is 0 Å². The number of carbonyl (C=O) groups is 2. The van der Waals surface area contributed by atoms with Gasteiger partial charge in [0.05, 0.1) is 11.3 Å². The molecule has 0 aromatic heterocycles. The zero-order chi connectivity index (χ0) is 16.0. The van der Waals surface area contributed by atoms with Crippen LogP contribution < -0.4 is 10.6 Å². The van der Waals surface area contributed by atoms with Crippen LogP contribution in [0.15, 0.2) is 22.7 Å². The predicted molar refractivity (Wildman–Crippen MR) is 84.6 cm³/mol. The molecule has 0 atom stereocenters. The fraction of sp³-hybridized carbons (Fsp3) is 0.467. The van der Waals surface area contributed by atoms with Crippen molar-refractivity contribution in [3.05, 3.63) is 28.2 Å². The molecule has 2 amide bonds. The van der Waals surface area contributed by atoms with Gasteiger partial charge in [-0.1, -0.05) is 27.7 Å². The maximum atomic E-state index is 12.1. The molecule has 3 N–H and O–H groups in total. The summed E-state index contributed by atoms with van der Waals surface area (Å²) in [5, 5.41) is 14.6. The topological polar surface area (TPSA) is 78.4 Å². The first kappa shape index (κ1) is 15.8. The maximum absolute atomic E-state index is 12.1. The molecule has 1 saturated carbocycles. The van der Waals surface area contributed by atoms with Crippen molar-refractivity contribution in [2.75, 3.05) is 5.32 Å². The molecule has 114 valence electrons. The smallest absolute Gasteiger partial charge is 0.335 e. The number of hydrogen-bond acceptors (Lipinski definition) is 2. The summed E-state index contributed by atoms with van der Waals surface area (Å²) < 4.78 is 0.534. The van der Waals surface area contributed by atoms with Gasteiger partial charge in [0.2, 0.25) is 0 Å². The minimum atomic E-state index is -1.01. The zero-order valence-electron chi connectivity index (χ0n) is 12.5. The number of carboxylic acids is 1. The number of rotatable bonds is 3. The van der Waals surface area contributed by atoms with Gasteiger partial charge in [-0.15, -0.1) is 0 Å². The number of amides is 2. The van der Waals surface area contributed by atoms with E-state index in [0.717, 1.165) is 0 Å². The van der Waals surface area contributed by atoms with E-state index in [-0.39, 0.29) is 28.5 Å². The van der Waals surface area contributed by atoms with Gasteiger partial charge in [-0.2, -0.15) is 0 Å². The Labute approximate surface area is 132 Å². The van der Waals surface area contributed by atoms with E-state index >= 15 is 0 Å². The summed E-state index contributed by atoms with van der Waals surface area (Å²) in [4.78, 5) is 22.9. The van der Waals surface area contributed by atoms with Crippen LogP contribution in [0.1, 0.15) is 38.1 Å². The van der Waals surface area contributed by atoms with Crippen molar-refractivity contribution >= 4 is 33.6 Å². The third kappa shape index (κ3) is 2.77. The molecule has 1 aliphatic rings. The molecule has 0 saturated heterocycles. The van der Waals surface area contributed by atoms with Crippen LogP contribution in [0.25, 0.3) is 0 Å². The lowest BCUT2D eigenvalue weighted by atomic mass is 10.0. The van der Waals surface area contributed by atoms with E-state index in [1.54, 1.807) is 6.07 Å². The van der Waals surface area contributed by atoms with Crippen LogP contribution >= 0.6 is 15.9 Å². The third-order valence-electron chi connectivity index (χ3n) is 4.76. The van der Waals surface area contributed by atoms with E-state index in [2.05, 4.69) is 54.3 Å². The zero-order valence-corrected chi connectivity index (χ0v) is 14.0. The Hall–Kier alpha value is -1.56. The molecule has 1 aliphatic carbocycles. The highest BCUT2D eigenvalue weighted by Crippen LogP contribution is 2.62. The molecule has 0 spiro atoms. The Morgan fingerprint density at radius 1 is 1.19 bits per heavy atom. The number of carbonyl (C=O) groups excluding carboxylic acids is 1. The summed E-state index contributed by atoms with van der Waals surface area (Å²) in [6.07, 6.45) is 0. The number of aromatic carboxylic acids is 1. The molecular formula is C15H19BrN2O3. The van der Waals surface area contributed by atoms with Crippen LogP contribution in [0.2, 0.25) is 0 Å². The fourth-order valence-electron chi connectivity index (χ4n) is 2.60. The summed E-state index contributed by atoms with van der Waals surface area (Å²) in [5.74, 6) is -1.01. The van der Waals surface area contributed by atoms with E-state index in [0.29, 0.717) is 10.2 Å². The molecule has 1 fully saturated rings.